The molecule has 0 fully saturated rings. The number of aryl methyl sites for hydroxylation is 2. The lowest BCUT2D eigenvalue weighted by molar-refractivity contribution is 0.591. The monoisotopic (exact) mass is 321 g/mol. The van der Waals surface area contributed by atoms with Gasteiger partial charge in [0.05, 0.1) is 11.4 Å². The second-order valence-electron chi connectivity index (χ2n) is 5.11. The number of nitrogens with one attached hydrogen (secondary N) is 1. The van der Waals surface area contributed by atoms with Gasteiger partial charge in [-0.25, -0.2) is 12.8 Å². The molecule has 118 valence electrons. The van der Waals surface area contributed by atoms with E-state index < -0.39 is 15.8 Å². The van der Waals surface area contributed by atoms with E-state index in [1.54, 1.807) is 12.1 Å². The lowest BCUT2D eigenvalue weighted by Crippen LogP contribution is -2.18. The maximum atomic E-state index is 13.7. The summed E-state index contributed by atoms with van der Waals surface area (Å²) in [6.45, 7) is 3.95. The minimum absolute atomic E-state index is 0.169. The van der Waals surface area contributed by atoms with E-state index >= 15 is 0 Å². The van der Waals surface area contributed by atoms with E-state index in [0.717, 1.165) is 24.0 Å². The molecule has 0 saturated carbocycles. The molecule has 0 heterocycles. The third-order valence-electron chi connectivity index (χ3n) is 3.56. The van der Waals surface area contributed by atoms with Gasteiger partial charge < -0.3 is 0 Å². The summed E-state index contributed by atoms with van der Waals surface area (Å²) in [5, 5.41) is 0. The van der Waals surface area contributed by atoms with Gasteiger partial charge in [0.2, 0.25) is 10.0 Å². The van der Waals surface area contributed by atoms with Crippen molar-refractivity contribution in [2.75, 3.05) is 4.72 Å². The molecule has 2 aromatic carbocycles. The van der Waals surface area contributed by atoms with E-state index in [2.05, 4.69) is 4.72 Å². The average Bonchev–Trinajstić information content (AvgIpc) is 2.49. The number of halogens is 1. The summed E-state index contributed by atoms with van der Waals surface area (Å²) in [5.74, 6) is -0.881. The molecule has 0 atom stereocenters. The van der Waals surface area contributed by atoms with Crippen molar-refractivity contribution >= 4 is 15.7 Å². The van der Waals surface area contributed by atoms with Crippen LogP contribution in [0.1, 0.15) is 30.5 Å². The molecule has 0 aromatic heterocycles. The Balaban J connectivity index is 2.32. The van der Waals surface area contributed by atoms with Crippen molar-refractivity contribution in [1.82, 2.24) is 0 Å². The van der Waals surface area contributed by atoms with Crippen molar-refractivity contribution in [1.29, 1.82) is 0 Å². The second kappa shape index (κ2) is 6.92. The second-order valence-corrected chi connectivity index (χ2v) is 6.83. The maximum Gasteiger partial charge on any atom is 0.237 e. The molecule has 22 heavy (non-hydrogen) atoms. The first-order chi connectivity index (χ1) is 10.5. The molecule has 0 radical (unpaired) electrons. The lowest BCUT2D eigenvalue weighted by Gasteiger charge is -2.15. The first-order valence-corrected chi connectivity index (χ1v) is 8.96. The fraction of sp³-hybridized carbons (Fsp3) is 0.294. The highest BCUT2D eigenvalue weighted by molar-refractivity contribution is 7.91. The Kier molecular flexibility index (Phi) is 5.19. The maximum absolute atomic E-state index is 13.7. The first-order valence-electron chi connectivity index (χ1n) is 7.31. The Morgan fingerprint density at radius 1 is 0.909 bits per heavy atom. The number of benzene rings is 2. The van der Waals surface area contributed by atoms with Crippen LogP contribution in [-0.2, 0) is 28.6 Å². The van der Waals surface area contributed by atoms with Gasteiger partial charge in [-0.2, -0.15) is 0 Å². The van der Waals surface area contributed by atoms with Crippen LogP contribution in [0.5, 0.6) is 0 Å². The number of sulfonamides is 1. The van der Waals surface area contributed by atoms with Crippen LogP contribution in [0.2, 0.25) is 0 Å². The van der Waals surface area contributed by atoms with Crippen molar-refractivity contribution in [3.63, 3.8) is 0 Å². The summed E-state index contributed by atoms with van der Waals surface area (Å²) in [4.78, 5) is 0. The fourth-order valence-corrected chi connectivity index (χ4v) is 3.67. The Labute approximate surface area is 131 Å². The summed E-state index contributed by atoms with van der Waals surface area (Å²) < 4.78 is 41.1. The van der Waals surface area contributed by atoms with E-state index in [1.165, 1.54) is 12.1 Å². The van der Waals surface area contributed by atoms with Gasteiger partial charge in [0, 0.05) is 5.56 Å². The van der Waals surface area contributed by atoms with Crippen LogP contribution in [0.15, 0.2) is 42.5 Å². The van der Waals surface area contributed by atoms with Crippen molar-refractivity contribution in [3.8, 4) is 0 Å². The van der Waals surface area contributed by atoms with Crippen LogP contribution in [-0.4, -0.2) is 8.42 Å². The highest BCUT2D eigenvalue weighted by Gasteiger charge is 2.17. The Bertz CT molecular complexity index is 735. The van der Waals surface area contributed by atoms with Crippen LogP contribution < -0.4 is 4.72 Å². The molecule has 2 rings (SSSR count). The predicted octanol–water partition coefficient (Wildman–Crippen LogP) is 3.89. The third kappa shape index (κ3) is 3.85. The quantitative estimate of drug-likeness (QED) is 0.877. The number of anilines is 1. The van der Waals surface area contributed by atoms with Crippen molar-refractivity contribution in [2.24, 2.45) is 0 Å². The van der Waals surface area contributed by atoms with Crippen LogP contribution in [0, 0.1) is 5.82 Å². The zero-order valence-corrected chi connectivity index (χ0v) is 13.6. The van der Waals surface area contributed by atoms with E-state index in [1.807, 2.05) is 32.0 Å². The lowest BCUT2D eigenvalue weighted by atomic mass is 10.0. The van der Waals surface area contributed by atoms with Crippen molar-refractivity contribution in [3.05, 3.63) is 65.0 Å². The van der Waals surface area contributed by atoms with E-state index in [4.69, 9.17) is 0 Å². The molecule has 0 aliphatic carbocycles. The molecule has 0 amide bonds. The molecule has 0 unspecified atom stereocenters. The molecule has 2 aromatic rings. The molecule has 1 N–H and O–H groups in total. The summed E-state index contributed by atoms with van der Waals surface area (Å²) in [5.41, 5.74) is 2.68. The van der Waals surface area contributed by atoms with Gasteiger partial charge in [0.25, 0.3) is 0 Å². The van der Waals surface area contributed by atoms with Gasteiger partial charge in [0.1, 0.15) is 5.82 Å². The minimum atomic E-state index is -3.67. The van der Waals surface area contributed by atoms with Crippen molar-refractivity contribution < 1.29 is 12.8 Å². The molecule has 0 aliphatic rings. The highest BCUT2D eigenvalue weighted by atomic mass is 32.2. The van der Waals surface area contributed by atoms with Crippen LogP contribution in [0.4, 0.5) is 10.1 Å². The first kappa shape index (κ1) is 16.5. The smallest absolute Gasteiger partial charge is 0.237 e. The van der Waals surface area contributed by atoms with Crippen LogP contribution >= 0.6 is 0 Å². The summed E-state index contributed by atoms with van der Waals surface area (Å²) in [7, 11) is -3.67. The highest BCUT2D eigenvalue weighted by Crippen LogP contribution is 2.24. The van der Waals surface area contributed by atoms with E-state index in [9.17, 15) is 12.8 Å². The third-order valence-corrected chi connectivity index (χ3v) is 4.77. The number of hydrogen-bond acceptors (Lipinski definition) is 2. The molecule has 0 bridgehead atoms. The molecule has 3 nitrogen and oxygen atoms in total. The average molecular weight is 321 g/mol. The molecule has 0 aliphatic heterocycles. The molecular formula is C17H20FNO2S. The van der Waals surface area contributed by atoms with E-state index in [-0.39, 0.29) is 11.3 Å². The summed E-state index contributed by atoms with van der Waals surface area (Å²) in [6.07, 6.45) is 1.46. The summed E-state index contributed by atoms with van der Waals surface area (Å²) in [6, 6.07) is 11.7. The number of para-hydroxylation sites is 1. The Morgan fingerprint density at radius 2 is 1.45 bits per heavy atom. The topological polar surface area (TPSA) is 46.2 Å². The predicted molar refractivity (Wildman–Crippen MR) is 87.8 cm³/mol. The van der Waals surface area contributed by atoms with Gasteiger partial charge in [0.15, 0.2) is 0 Å². The number of hydrogen-bond donors (Lipinski definition) is 1. The van der Waals surface area contributed by atoms with E-state index in [0.29, 0.717) is 5.69 Å². The molecule has 5 heteroatoms. The summed E-state index contributed by atoms with van der Waals surface area (Å²) >= 11 is 0. The van der Waals surface area contributed by atoms with Gasteiger partial charge >= 0.3 is 0 Å². The fourth-order valence-electron chi connectivity index (χ4n) is 2.39. The SMILES string of the molecule is CCc1cccc(CC)c1NS(=O)(=O)Cc1ccccc1F. The minimum Gasteiger partial charge on any atom is -0.283 e. The van der Waals surface area contributed by atoms with Crippen LogP contribution in [0.3, 0.4) is 0 Å². The van der Waals surface area contributed by atoms with Gasteiger partial charge in [-0.1, -0.05) is 50.2 Å². The Morgan fingerprint density at radius 3 is 2.00 bits per heavy atom. The van der Waals surface area contributed by atoms with Gasteiger partial charge in [-0.3, -0.25) is 4.72 Å². The largest absolute Gasteiger partial charge is 0.283 e. The standard InChI is InChI=1S/C17H20FNO2S/c1-3-13-9-7-10-14(4-2)17(13)19-22(20,21)12-15-8-5-6-11-16(15)18/h5-11,19H,3-4,12H2,1-2H3. The molecular weight excluding hydrogens is 301 g/mol. The zero-order valence-electron chi connectivity index (χ0n) is 12.8. The van der Waals surface area contributed by atoms with Crippen molar-refractivity contribution in [2.45, 2.75) is 32.4 Å². The Hall–Kier alpha value is -1.88. The van der Waals surface area contributed by atoms with Gasteiger partial charge in [-0.05, 0) is 30.0 Å². The normalized spacial score (nSPS) is 11.4. The zero-order chi connectivity index (χ0) is 16.2. The van der Waals surface area contributed by atoms with Crippen LogP contribution in [0.25, 0.3) is 0 Å². The molecule has 0 saturated heterocycles. The van der Waals surface area contributed by atoms with Gasteiger partial charge in [-0.15, -0.1) is 0 Å². The molecule has 0 spiro atoms. The number of rotatable bonds is 6.